The molecule has 0 aromatic carbocycles. The number of hydrogen-bond donors (Lipinski definition) is 2. The molecule has 0 heterocycles. The minimum Gasteiger partial charge on any atom is -0.390 e. The van der Waals surface area contributed by atoms with E-state index in [4.69, 9.17) is 5.73 Å². The summed E-state index contributed by atoms with van der Waals surface area (Å²) in [4.78, 5) is 0. The molecule has 2 heteroatoms. The minimum absolute atomic E-state index is 0.434. The Morgan fingerprint density at radius 2 is 2.17 bits per heavy atom. The van der Waals surface area contributed by atoms with Gasteiger partial charge >= 0.3 is 0 Å². The smallest absolute Gasteiger partial charge is 0.0685 e. The van der Waals surface area contributed by atoms with Gasteiger partial charge in [0.05, 0.1) is 5.60 Å². The van der Waals surface area contributed by atoms with E-state index in [2.05, 4.69) is 6.92 Å². The molecule has 1 aliphatic rings. The Kier molecular flexibility index (Phi) is 3.53. The van der Waals surface area contributed by atoms with Gasteiger partial charge in [-0.05, 0) is 31.7 Å². The van der Waals surface area contributed by atoms with Gasteiger partial charge < -0.3 is 10.8 Å². The van der Waals surface area contributed by atoms with E-state index in [0.29, 0.717) is 12.5 Å². The van der Waals surface area contributed by atoms with E-state index in [1.54, 1.807) is 0 Å². The largest absolute Gasteiger partial charge is 0.390 e. The molecule has 0 aromatic heterocycles. The van der Waals surface area contributed by atoms with Crippen LogP contribution in [-0.2, 0) is 0 Å². The summed E-state index contributed by atoms with van der Waals surface area (Å²) >= 11 is 0. The third kappa shape index (κ3) is 2.20. The van der Waals surface area contributed by atoms with Crippen molar-refractivity contribution in [3.63, 3.8) is 0 Å². The Bertz CT molecular complexity index is 138. The average molecular weight is 171 g/mol. The number of hydrogen-bond acceptors (Lipinski definition) is 2. The summed E-state index contributed by atoms with van der Waals surface area (Å²) in [6.45, 7) is 2.77. The van der Waals surface area contributed by atoms with Crippen molar-refractivity contribution in [2.75, 3.05) is 6.54 Å². The van der Waals surface area contributed by atoms with Crippen LogP contribution in [0.15, 0.2) is 0 Å². The van der Waals surface area contributed by atoms with Gasteiger partial charge in [0.25, 0.3) is 0 Å². The second kappa shape index (κ2) is 4.24. The molecule has 2 unspecified atom stereocenters. The van der Waals surface area contributed by atoms with Gasteiger partial charge in [-0.2, -0.15) is 0 Å². The standard InChI is InChI=1S/C10H21NO/c1-9-5-3-2-4-6-10(9,12)7-8-11/h9,12H,2-8,11H2,1H3. The van der Waals surface area contributed by atoms with Crippen LogP contribution in [0.2, 0.25) is 0 Å². The molecule has 0 aromatic rings. The zero-order valence-electron chi connectivity index (χ0n) is 8.05. The lowest BCUT2D eigenvalue weighted by molar-refractivity contribution is -0.0231. The van der Waals surface area contributed by atoms with Gasteiger partial charge in [0.15, 0.2) is 0 Å². The van der Waals surface area contributed by atoms with Gasteiger partial charge in [-0.3, -0.25) is 0 Å². The highest BCUT2D eigenvalue weighted by molar-refractivity contribution is 4.86. The van der Waals surface area contributed by atoms with Crippen molar-refractivity contribution < 1.29 is 5.11 Å². The topological polar surface area (TPSA) is 46.2 Å². The molecule has 0 spiro atoms. The van der Waals surface area contributed by atoms with Gasteiger partial charge in [0, 0.05) is 0 Å². The molecule has 2 nitrogen and oxygen atoms in total. The van der Waals surface area contributed by atoms with Gasteiger partial charge in [-0.25, -0.2) is 0 Å². The van der Waals surface area contributed by atoms with Crippen molar-refractivity contribution in [1.82, 2.24) is 0 Å². The Morgan fingerprint density at radius 1 is 1.42 bits per heavy atom. The fourth-order valence-electron chi connectivity index (χ4n) is 2.19. The van der Waals surface area contributed by atoms with Gasteiger partial charge in [0.1, 0.15) is 0 Å². The molecule has 0 saturated heterocycles. The van der Waals surface area contributed by atoms with Crippen LogP contribution in [0.3, 0.4) is 0 Å². The predicted molar refractivity (Wildman–Crippen MR) is 50.9 cm³/mol. The lowest BCUT2D eigenvalue weighted by Gasteiger charge is -2.32. The molecule has 3 N–H and O–H groups in total. The summed E-state index contributed by atoms with van der Waals surface area (Å²) in [6, 6.07) is 0. The molecule has 0 amide bonds. The quantitative estimate of drug-likeness (QED) is 0.621. The molecule has 0 aliphatic heterocycles. The van der Waals surface area contributed by atoms with Crippen LogP contribution < -0.4 is 5.73 Å². The molecule has 0 radical (unpaired) electrons. The molecular formula is C10H21NO. The Hall–Kier alpha value is -0.0800. The lowest BCUT2D eigenvalue weighted by Crippen LogP contribution is -2.37. The van der Waals surface area contributed by atoms with Crippen molar-refractivity contribution in [2.45, 2.75) is 51.0 Å². The number of aliphatic hydroxyl groups is 1. The molecular weight excluding hydrogens is 150 g/mol. The summed E-state index contributed by atoms with van der Waals surface area (Å²) in [5.74, 6) is 0.434. The second-order valence-corrected chi connectivity index (χ2v) is 4.14. The van der Waals surface area contributed by atoms with E-state index in [9.17, 15) is 5.11 Å². The van der Waals surface area contributed by atoms with E-state index in [1.165, 1.54) is 19.3 Å². The van der Waals surface area contributed by atoms with Gasteiger partial charge in [0.2, 0.25) is 0 Å². The third-order valence-electron chi connectivity index (χ3n) is 3.24. The monoisotopic (exact) mass is 171 g/mol. The van der Waals surface area contributed by atoms with E-state index in [0.717, 1.165) is 19.3 Å². The predicted octanol–water partition coefficient (Wildman–Crippen LogP) is 1.67. The first kappa shape index (κ1) is 10.0. The average Bonchev–Trinajstić information content (AvgIpc) is 2.17. The fraction of sp³-hybridized carbons (Fsp3) is 1.00. The van der Waals surface area contributed by atoms with Crippen molar-refractivity contribution in [3.8, 4) is 0 Å². The first-order valence-corrected chi connectivity index (χ1v) is 5.11. The summed E-state index contributed by atoms with van der Waals surface area (Å²) in [5, 5.41) is 10.2. The van der Waals surface area contributed by atoms with Crippen molar-refractivity contribution in [1.29, 1.82) is 0 Å². The molecule has 72 valence electrons. The Labute approximate surface area is 75.2 Å². The first-order valence-electron chi connectivity index (χ1n) is 5.11. The van der Waals surface area contributed by atoms with Gasteiger partial charge in [-0.1, -0.05) is 26.2 Å². The van der Waals surface area contributed by atoms with Crippen LogP contribution in [-0.4, -0.2) is 17.3 Å². The Morgan fingerprint density at radius 3 is 2.83 bits per heavy atom. The number of rotatable bonds is 2. The summed E-state index contributed by atoms with van der Waals surface area (Å²) in [7, 11) is 0. The van der Waals surface area contributed by atoms with Crippen molar-refractivity contribution in [2.24, 2.45) is 11.7 Å². The first-order chi connectivity index (χ1) is 5.69. The SMILES string of the molecule is CC1CCCCCC1(O)CCN. The second-order valence-electron chi connectivity index (χ2n) is 4.14. The molecule has 1 rings (SSSR count). The van der Waals surface area contributed by atoms with Crippen molar-refractivity contribution >= 4 is 0 Å². The van der Waals surface area contributed by atoms with Gasteiger partial charge in [-0.15, -0.1) is 0 Å². The van der Waals surface area contributed by atoms with Crippen LogP contribution in [0.25, 0.3) is 0 Å². The molecule has 2 atom stereocenters. The van der Waals surface area contributed by atoms with Crippen molar-refractivity contribution in [3.05, 3.63) is 0 Å². The fourth-order valence-corrected chi connectivity index (χ4v) is 2.19. The highest BCUT2D eigenvalue weighted by atomic mass is 16.3. The molecule has 0 bridgehead atoms. The normalized spacial score (nSPS) is 37.8. The van der Waals surface area contributed by atoms with E-state index in [-0.39, 0.29) is 0 Å². The zero-order chi connectivity index (χ0) is 9.03. The van der Waals surface area contributed by atoms with Crippen LogP contribution in [0.5, 0.6) is 0 Å². The van der Waals surface area contributed by atoms with E-state index >= 15 is 0 Å². The molecule has 1 saturated carbocycles. The van der Waals surface area contributed by atoms with Crippen LogP contribution >= 0.6 is 0 Å². The maximum atomic E-state index is 10.2. The molecule has 1 aliphatic carbocycles. The highest BCUT2D eigenvalue weighted by Gasteiger charge is 2.33. The van der Waals surface area contributed by atoms with E-state index in [1.807, 2.05) is 0 Å². The minimum atomic E-state index is -0.453. The van der Waals surface area contributed by atoms with Crippen LogP contribution in [0.4, 0.5) is 0 Å². The maximum absolute atomic E-state index is 10.2. The molecule has 12 heavy (non-hydrogen) atoms. The van der Waals surface area contributed by atoms with Crippen LogP contribution in [0, 0.1) is 5.92 Å². The molecule has 1 fully saturated rings. The summed E-state index contributed by atoms with van der Waals surface area (Å²) in [5.41, 5.74) is 5.04. The third-order valence-corrected chi connectivity index (χ3v) is 3.24. The Balaban J connectivity index is 2.55. The van der Waals surface area contributed by atoms with Crippen LogP contribution in [0.1, 0.15) is 45.4 Å². The summed E-state index contributed by atoms with van der Waals surface area (Å²) in [6.07, 6.45) is 6.60. The zero-order valence-corrected chi connectivity index (χ0v) is 8.05. The summed E-state index contributed by atoms with van der Waals surface area (Å²) < 4.78 is 0. The lowest BCUT2D eigenvalue weighted by atomic mass is 9.82. The maximum Gasteiger partial charge on any atom is 0.0685 e. The van der Waals surface area contributed by atoms with E-state index < -0.39 is 5.60 Å². The highest BCUT2D eigenvalue weighted by Crippen LogP contribution is 2.34. The number of nitrogens with two attached hydrogens (primary N) is 1.